The van der Waals surface area contributed by atoms with Crippen LogP contribution < -0.4 is 0 Å². The van der Waals surface area contributed by atoms with Crippen LogP contribution in [0.25, 0.3) is 0 Å². The fraction of sp³-hybridized carbons (Fsp3) is 0.842. The van der Waals surface area contributed by atoms with Crippen molar-refractivity contribution in [1.29, 1.82) is 0 Å². The number of carbonyl (C=O) groups is 1. The molecule has 0 heterocycles. The van der Waals surface area contributed by atoms with Gasteiger partial charge >= 0.3 is 0 Å². The summed E-state index contributed by atoms with van der Waals surface area (Å²) in [6.07, 6.45) is 9.54. The van der Waals surface area contributed by atoms with Crippen LogP contribution in [0.4, 0.5) is 0 Å². The van der Waals surface area contributed by atoms with Gasteiger partial charge in [0.15, 0.2) is 5.78 Å². The summed E-state index contributed by atoms with van der Waals surface area (Å²) in [6, 6.07) is 0. The van der Waals surface area contributed by atoms with E-state index in [1.807, 2.05) is 6.08 Å². The minimum absolute atomic E-state index is 0.0828. The van der Waals surface area contributed by atoms with Crippen LogP contribution >= 0.6 is 0 Å². The molecule has 0 aromatic heterocycles. The number of hydrogen-bond acceptors (Lipinski definition) is 2. The molecule has 3 fully saturated rings. The summed E-state index contributed by atoms with van der Waals surface area (Å²) in [5, 5.41) is 10.5. The van der Waals surface area contributed by atoms with E-state index in [2.05, 4.69) is 13.8 Å². The molecule has 2 heteroatoms. The van der Waals surface area contributed by atoms with Crippen molar-refractivity contribution in [3.05, 3.63) is 11.6 Å². The molecule has 0 aliphatic heterocycles. The molecule has 3 unspecified atom stereocenters. The van der Waals surface area contributed by atoms with Crippen molar-refractivity contribution in [3.8, 4) is 0 Å². The van der Waals surface area contributed by atoms with Crippen LogP contribution in [0.1, 0.15) is 58.8 Å². The Hall–Kier alpha value is -0.630. The number of ketones is 1. The van der Waals surface area contributed by atoms with E-state index < -0.39 is 0 Å². The van der Waals surface area contributed by atoms with Gasteiger partial charge in [-0.1, -0.05) is 19.4 Å². The number of aliphatic hydroxyl groups excluding tert-OH is 1. The molecule has 0 amide bonds. The molecule has 116 valence electrons. The maximum Gasteiger partial charge on any atom is 0.155 e. The van der Waals surface area contributed by atoms with Crippen LogP contribution in [-0.4, -0.2) is 17.0 Å². The Morgan fingerprint density at radius 2 is 2.05 bits per heavy atom. The van der Waals surface area contributed by atoms with Gasteiger partial charge in [0.05, 0.1) is 6.10 Å². The van der Waals surface area contributed by atoms with E-state index in [1.54, 1.807) is 0 Å². The third-order valence-electron chi connectivity index (χ3n) is 7.59. The van der Waals surface area contributed by atoms with Crippen molar-refractivity contribution in [2.75, 3.05) is 0 Å². The lowest BCUT2D eigenvalue weighted by molar-refractivity contribution is -0.116. The lowest BCUT2D eigenvalue weighted by Gasteiger charge is -2.55. The first kappa shape index (κ1) is 14.0. The molecule has 4 rings (SSSR count). The summed E-state index contributed by atoms with van der Waals surface area (Å²) < 4.78 is 0. The number of fused-ring (bicyclic) bond motifs is 5. The summed E-state index contributed by atoms with van der Waals surface area (Å²) in [4.78, 5) is 11.8. The van der Waals surface area contributed by atoms with Crippen LogP contribution in [0, 0.1) is 35.0 Å². The zero-order valence-corrected chi connectivity index (χ0v) is 13.3. The first-order valence-corrected chi connectivity index (χ1v) is 8.92. The molecule has 21 heavy (non-hydrogen) atoms. The van der Waals surface area contributed by atoms with Gasteiger partial charge in [0, 0.05) is 6.42 Å². The molecule has 3 saturated carbocycles. The monoisotopic (exact) mass is 288 g/mol. The zero-order valence-electron chi connectivity index (χ0n) is 13.3. The van der Waals surface area contributed by atoms with Gasteiger partial charge in [0.1, 0.15) is 0 Å². The molecule has 4 aliphatic rings. The standard InChI is InChI=1S/C19H28O2/c1-11-9-12-10-13(20)3-4-14(12)15-7-8-19(2)16(18(11)15)5-6-17(19)21/h10-11,14-18,21H,3-9H2,1-2H3/t11-,14+,15?,16?,17+,18?,19+/m1/s1. The molecular weight excluding hydrogens is 260 g/mol. The molecule has 2 nitrogen and oxygen atoms in total. The van der Waals surface area contributed by atoms with E-state index in [-0.39, 0.29) is 11.5 Å². The highest BCUT2D eigenvalue weighted by atomic mass is 16.3. The van der Waals surface area contributed by atoms with E-state index in [0.29, 0.717) is 23.5 Å². The molecule has 0 saturated heterocycles. The third kappa shape index (κ3) is 1.91. The fourth-order valence-electron chi connectivity index (χ4n) is 6.56. The van der Waals surface area contributed by atoms with Gasteiger partial charge in [-0.15, -0.1) is 0 Å². The van der Waals surface area contributed by atoms with E-state index in [4.69, 9.17) is 0 Å². The Labute approximate surface area is 128 Å². The van der Waals surface area contributed by atoms with Gasteiger partial charge in [-0.05, 0) is 79.6 Å². The predicted molar refractivity (Wildman–Crippen MR) is 82.6 cm³/mol. The summed E-state index contributed by atoms with van der Waals surface area (Å²) in [6.45, 7) is 4.73. The molecule has 7 atom stereocenters. The van der Waals surface area contributed by atoms with Crippen molar-refractivity contribution in [2.24, 2.45) is 35.0 Å². The molecule has 0 aromatic rings. The highest BCUT2D eigenvalue weighted by Crippen LogP contribution is 2.62. The van der Waals surface area contributed by atoms with Gasteiger partial charge in [0.2, 0.25) is 0 Å². The fourth-order valence-corrected chi connectivity index (χ4v) is 6.56. The molecular formula is C19H28O2. The van der Waals surface area contributed by atoms with Crippen LogP contribution in [0.3, 0.4) is 0 Å². The Morgan fingerprint density at radius 1 is 1.24 bits per heavy atom. The lowest BCUT2D eigenvalue weighted by atomic mass is 9.49. The topological polar surface area (TPSA) is 37.3 Å². The van der Waals surface area contributed by atoms with Crippen LogP contribution in [-0.2, 0) is 4.79 Å². The van der Waals surface area contributed by atoms with E-state index >= 15 is 0 Å². The second kappa shape index (κ2) is 4.68. The lowest BCUT2D eigenvalue weighted by Crippen LogP contribution is -2.50. The van der Waals surface area contributed by atoms with Crippen LogP contribution in [0.5, 0.6) is 0 Å². The van der Waals surface area contributed by atoms with E-state index in [9.17, 15) is 9.90 Å². The summed E-state index contributed by atoms with van der Waals surface area (Å²) in [5.74, 6) is 3.96. The second-order valence-corrected chi connectivity index (χ2v) is 8.50. The first-order valence-electron chi connectivity index (χ1n) is 8.92. The number of allylic oxidation sites excluding steroid dienone is 1. The Bertz CT molecular complexity index is 494. The third-order valence-corrected chi connectivity index (χ3v) is 7.59. The minimum Gasteiger partial charge on any atom is -0.393 e. The highest BCUT2D eigenvalue weighted by molar-refractivity contribution is 5.91. The van der Waals surface area contributed by atoms with Crippen molar-refractivity contribution in [2.45, 2.75) is 64.9 Å². The molecule has 4 aliphatic carbocycles. The molecule has 0 aromatic carbocycles. The highest BCUT2D eigenvalue weighted by Gasteiger charge is 2.57. The van der Waals surface area contributed by atoms with Crippen molar-refractivity contribution in [3.63, 3.8) is 0 Å². The normalized spacial score (nSPS) is 52.7. The molecule has 1 N–H and O–H groups in total. The predicted octanol–water partition coefficient (Wildman–Crippen LogP) is 3.74. The Balaban J connectivity index is 1.68. The van der Waals surface area contributed by atoms with Crippen molar-refractivity contribution in [1.82, 2.24) is 0 Å². The van der Waals surface area contributed by atoms with Crippen LogP contribution in [0.2, 0.25) is 0 Å². The SMILES string of the molecule is C[C@@H]1CC2=CC(=O)CC[C@@H]2C2CC[C@@]3(C)C(CC[C@@H]3O)C21. The van der Waals surface area contributed by atoms with Gasteiger partial charge in [-0.3, -0.25) is 4.79 Å². The maximum absolute atomic E-state index is 11.8. The number of hydrogen-bond donors (Lipinski definition) is 1. The van der Waals surface area contributed by atoms with Gasteiger partial charge in [-0.25, -0.2) is 0 Å². The Kier molecular flexibility index (Phi) is 3.12. The quantitative estimate of drug-likeness (QED) is 0.737. The zero-order chi connectivity index (χ0) is 14.8. The molecule has 0 radical (unpaired) electrons. The van der Waals surface area contributed by atoms with Crippen LogP contribution in [0.15, 0.2) is 11.6 Å². The van der Waals surface area contributed by atoms with Crippen molar-refractivity contribution >= 4 is 5.78 Å². The van der Waals surface area contributed by atoms with Crippen molar-refractivity contribution < 1.29 is 9.90 Å². The number of rotatable bonds is 0. The largest absolute Gasteiger partial charge is 0.393 e. The first-order chi connectivity index (χ1) is 10.0. The summed E-state index contributed by atoms with van der Waals surface area (Å²) >= 11 is 0. The number of carbonyl (C=O) groups excluding carboxylic acids is 1. The minimum atomic E-state index is -0.0828. The molecule has 0 bridgehead atoms. The van der Waals surface area contributed by atoms with E-state index in [0.717, 1.165) is 37.5 Å². The summed E-state index contributed by atoms with van der Waals surface area (Å²) in [7, 11) is 0. The average molecular weight is 288 g/mol. The van der Waals surface area contributed by atoms with Gasteiger partial charge in [-0.2, -0.15) is 0 Å². The van der Waals surface area contributed by atoms with Gasteiger partial charge in [0.25, 0.3) is 0 Å². The Morgan fingerprint density at radius 3 is 2.86 bits per heavy atom. The number of aliphatic hydroxyl groups is 1. The second-order valence-electron chi connectivity index (χ2n) is 8.50. The smallest absolute Gasteiger partial charge is 0.155 e. The van der Waals surface area contributed by atoms with Gasteiger partial charge < -0.3 is 5.11 Å². The maximum atomic E-state index is 11.8. The molecule has 0 spiro atoms. The average Bonchev–Trinajstić information content (AvgIpc) is 2.74. The summed E-state index contributed by atoms with van der Waals surface area (Å²) in [5.41, 5.74) is 1.63. The van der Waals surface area contributed by atoms with E-state index in [1.165, 1.54) is 24.8 Å².